The molecule has 1 saturated heterocycles. The van der Waals surface area contributed by atoms with Gasteiger partial charge in [-0.25, -0.2) is 4.98 Å². The predicted molar refractivity (Wildman–Crippen MR) is 72.4 cm³/mol. The lowest BCUT2D eigenvalue weighted by molar-refractivity contribution is 0.102. The van der Waals surface area contributed by atoms with E-state index >= 15 is 0 Å². The van der Waals surface area contributed by atoms with Crippen LogP contribution in [-0.4, -0.2) is 36.6 Å². The normalized spacial score (nSPS) is 19.3. The molecule has 1 atom stereocenters. The smallest absolute Gasteiger partial charge is 0.171 e. The Morgan fingerprint density at radius 1 is 1.61 bits per heavy atom. The summed E-state index contributed by atoms with van der Waals surface area (Å²) in [4.78, 5) is 16.5. The molecule has 0 spiro atoms. The van der Waals surface area contributed by atoms with Gasteiger partial charge in [-0.1, -0.05) is 0 Å². The van der Waals surface area contributed by atoms with Gasteiger partial charge >= 0.3 is 0 Å². The highest BCUT2D eigenvalue weighted by molar-refractivity contribution is 7.13. The van der Waals surface area contributed by atoms with E-state index in [-0.39, 0.29) is 5.78 Å². The first-order valence-electron chi connectivity index (χ1n) is 6.46. The summed E-state index contributed by atoms with van der Waals surface area (Å²) < 4.78 is 5.54. The van der Waals surface area contributed by atoms with Gasteiger partial charge in [0.25, 0.3) is 0 Å². The average Bonchev–Trinajstić information content (AvgIpc) is 2.94. The van der Waals surface area contributed by atoms with Crippen molar-refractivity contribution in [1.82, 2.24) is 10.3 Å². The van der Waals surface area contributed by atoms with Crippen molar-refractivity contribution < 1.29 is 9.53 Å². The molecule has 1 unspecified atom stereocenters. The zero-order valence-corrected chi connectivity index (χ0v) is 11.8. The van der Waals surface area contributed by atoms with E-state index < -0.39 is 0 Å². The molecule has 1 aromatic heterocycles. The van der Waals surface area contributed by atoms with Crippen molar-refractivity contribution in [3.63, 3.8) is 0 Å². The van der Waals surface area contributed by atoms with Crippen molar-refractivity contribution in [2.75, 3.05) is 19.7 Å². The topological polar surface area (TPSA) is 51.2 Å². The lowest BCUT2D eigenvalue weighted by atomic mass is 10.2. The van der Waals surface area contributed by atoms with Gasteiger partial charge in [-0.15, -0.1) is 11.3 Å². The molecule has 1 aliphatic heterocycles. The molecule has 1 aromatic rings. The molecule has 2 rings (SSSR count). The first-order valence-corrected chi connectivity index (χ1v) is 7.28. The van der Waals surface area contributed by atoms with Crippen LogP contribution in [0.15, 0.2) is 0 Å². The summed E-state index contributed by atoms with van der Waals surface area (Å²) in [6.45, 7) is 6.21. The summed E-state index contributed by atoms with van der Waals surface area (Å²) >= 11 is 1.52. The number of nitrogens with zero attached hydrogens (tertiary/aromatic N) is 1. The molecule has 2 heterocycles. The largest absolute Gasteiger partial charge is 0.377 e. The Hall–Kier alpha value is -0.780. The Balaban J connectivity index is 1.72. The van der Waals surface area contributed by atoms with Crippen LogP contribution in [0.25, 0.3) is 0 Å². The molecule has 0 radical (unpaired) electrons. The van der Waals surface area contributed by atoms with Crippen molar-refractivity contribution in [1.29, 1.82) is 0 Å². The summed E-state index contributed by atoms with van der Waals surface area (Å²) in [5.41, 5.74) is 0.863. The third kappa shape index (κ3) is 3.60. The Kier molecular flexibility index (Phi) is 4.86. The second kappa shape index (κ2) is 6.41. The van der Waals surface area contributed by atoms with Crippen molar-refractivity contribution >= 4 is 17.1 Å². The molecule has 1 N–H and O–H groups in total. The van der Waals surface area contributed by atoms with E-state index in [1.54, 1.807) is 6.92 Å². The predicted octanol–water partition coefficient (Wildman–Crippen LogP) is 1.97. The summed E-state index contributed by atoms with van der Waals surface area (Å²) in [6.07, 6.45) is 3.61. The van der Waals surface area contributed by atoms with Gasteiger partial charge < -0.3 is 10.1 Å². The maximum Gasteiger partial charge on any atom is 0.171 e. The molecule has 4 nitrogen and oxygen atoms in total. The highest BCUT2D eigenvalue weighted by atomic mass is 32.1. The molecule has 100 valence electrons. The molecular formula is C13H20N2O2S. The van der Waals surface area contributed by atoms with E-state index in [4.69, 9.17) is 4.74 Å². The van der Waals surface area contributed by atoms with Crippen LogP contribution in [0, 0.1) is 6.92 Å². The number of rotatable bonds is 6. The summed E-state index contributed by atoms with van der Waals surface area (Å²) in [6, 6.07) is 0. The molecule has 0 amide bonds. The second-order valence-corrected chi connectivity index (χ2v) is 5.75. The van der Waals surface area contributed by atoms with E-state index in [2.05, 4.69) is 10.3 Å². The number of Topliss-reactive ketones (excluding diaryl/α,β-unsaturated/α-hetero) is 1. The monoisotopic (exact) mass is 268 g/mol. The number of aryl methyl sites for hydroxylation is 1. The Labute approximate surface area is 112 Å². The zero-order valence-electron chi connectivity index (χ0n) is 11.0. The van der Waals surface area contributed by atoms with Gasteiger partial charge in [0.15, 0.2) is 5.78 Å². The fraction of sp³-hybridized carbons (Fsp3) is 0.692. The quantitative estimate of drug-likeness (QED) is 0.633. The fourth-order valence-corrected chi connectivity index (χ4v) is 3.11. The lowest BCUT2D eigenvalue weighted by Gasteiger charge is -2.09. The SMILES string of the molecule is CC(=O)c1sc(CCNCC2CCCO2)nc1C. The third-order valence-corrected chi connectivity index (χ3v) is 4.39. The minimum Gasteiger partial charge on any atom is -0.377 e. The zero-order chi connectivity index (χ0) is 13.0. The lowest BCUT2D eigenvalue weighted by Crippen LogP contribution is -2.27. The number of ketones is 1. The van der Waals surface area contributed by atoms with Crippen LogP contribution < -0.4 is 5.32 Å². The van der Waals surface area contributed by atoms with Gasteiger partial charge in [-0.2, -0.15) is 0 Å². The number of thiazole rings is 1. The van der Waals surface area contributed by atoms with Crippen LogP contribution in [0.1, 0.15) is 40.1 Å². The third-order valence-electron chi connectivity index (χ3n) is 3.07. The summed E-state index contributed by atoms with van der Waals surface area (Å²) in [5.74, 6) is 0.114. The van der Waals surface area contributed by atoms with E-state index in [1.165, 1.54) is 17.8 Å². The van der Waals surface area contributed by atoms with Crippen LogP contribution in [0.5, 0.6) is 0 Å². The first kappa shape index (κ1) is 13.6. The minimum atomic E-state index is 0.114. The van der Waals surface area contributed by atoms with Crippen LogP contribution in [0.2, 0.25) is 0 Å². The molecule has 1 aliphatic rings. The van der Waals surface area contributed by atoms with Crippen LogP contribution in [0.3, 0.4) is 0 Å². The molecule has 0 aliphatic carbocycles. The van der Waals surface area contributed by atoms with E-state index in [0.717, 1.165) is 48.1 Å². The van der Waals surface area contributed by atoms with Gasteiger partial charge in [0.05, 0.1) is 21.7 Å². The van der Waals surface area contributed by atoms with Crippen LogP contribution in [-0.2, 0) is 11.2 Å². The first-order chi connectivity index (χ1) is 8.66. The average molecular weight is 268 g/mol. The molecule has 1 fully saturated rings. The fourth-order valence-electron chi connectivity index (χ4n) is 2.15. The molecule has 0 bridgehead atoms. The van der Waals surface area contributed by atoms with Gasteiger partial charge in [0.1, 0.15) is 0 Å². The number of nitrogens with one attached hydrogen (secondary N) is 1. The number of carbonyl (C=O) groups is 1. The second-order valence-electron chi connectivity index (χ2n) is 4.67. The highest BCUT2D eigenvalue weighted by Crippen LogP contribution is 2.18. The maximum atomic E-state index is 11.3. The van der Waals surface area contributed by atoms with Gasteiger partial charge in [-0.3, -0.25) is 4.79 Å². The van der Waals surface area contributed by atoms with Crippen molar-refractivity contribution in [2.24, 2.45) is 0 Å². The van der Waals surface area contributed by atoms with Crippen LogP contribution in [0.4, 0.5) is 0 Å². The number of hydrogen-bond acceptors (Lipinski definition) is 5. The molecular weight excluding hydrogens is 248 g/mol. The minimum absolute atomic E-state index is 0.114. The number of aromatic nitrogens is 1. The maximum absolute atomic E-state index is 11.3. The Morgan fingerprint density at radius 2 is 2.44 bits per heavy atom. The molecule has 0 saturated carbocycles. The van der Waals surface area contributed by atoms with E-state index in [9.17, 15) is 4.79 Å². The Bertz CT molecular complexity index is 411. The van der Waals surface area contributed by atoms with E-state index in [0.29, 0.717) is 6.10 Å². The van der Waals surface area contributed by atoms with Crippen LogP contribution >= 0.6 is 11.3 Å². The number of ether oxygens (including phenoxy) is 1. The summed E-state index contributed by atoms with van der Waals surface area (Å²) in [5, 5.41) is 4.43. The van der Waals surface area contributed by atoms with Gasteiger partial charge in [0, 0.05) is 33.0 Å². The van der Waals surface area contributed by atoms with Crippen molar-refractivity contribution in [3.8, 4) is 0 Å². The standard InChI is InChI=1S/C13H20N2O2S/c1-9-13(10(2)16)18-12(15-9)5-6-14-8-11-4-3-7-17-11/h11,14H,3-8H2,1-2H3. The van der Waals surface area contributed by atoms with E-state index in [1.807, 2.05) is 6.92 Å². The van der Waals surface area contributed by atoms with Crippen molar-refractivity contribution in [3.05, 3.63) is 15.6 Å². The highest BCUT2D eigenvalue weighted by Gasteiger charge is 2.15. The van der Waals surface area contributed by atoms with Gasteiger partial charge in [0.2, 0.25) is 0 Å². The summed E-state index contributed by atoms with van der Waals surface area (Å²) in [7, 11) is 0. The molecule has 0 aromatic carbocycles. The van der Waals surface area contributed by atoms with Gasteiger partial charge in [-0.05, 0) is 19.8 Å². The Morgan fingerprint density at radius 3 is 3.06 bits per heavy atom. The van der Waals surface area contributed by atoms with Crippen molar-refractivity contribution in [2.45, 2.75) is 39.2 Å². The molecule has 18 heavy (non-hydrogen) atoms. The number of hydrogen-bond donors (Lipinski definition) is 1. The molecule has 5 heteroatoms. The number of carbonyl (C=O) groups excluding carboxylic acids is 1.